The first-order chi connectivity index (χ1) is 6.51. The highest BCUT2D eigenvalue weighted by Crippen LogP contribution is 2.20. The van der Waals surface area contributed by atoms with Crippen molar-refractivity contribution in [1.82, 2.24) is 5.32 Å². The number of carbonyl (C=O) groups is 2. The predicted octanol–water partition coefficient (Wildman–Crippen LogP) is 1.26. The minimum absolute atomic E-state index is 0.422. The molecular weight excluding hydrogens is 208 g/mol. The quantitative estimate of drug-likeness (QED) is 0.754. The number of nitrogens with one attached hydrogen (secondary N) is 1. The van der Waals surface area contributed by atoms with Crippen molar-refractivity contribution in [1.29, 1.82) is 0 Å². The molecule has 0 fully saturated rings. The van der Waals surface area contributed by atoms with Gasteiger partial charge in [0.15, 0.2) is 0 Å². The van der Waals surface area contributed by atoms with Gasteiger partial charge in [-0.2, -0.15) is 8.78 Å². The maximum absolute atomic E-state index is 12.6. The lowest BCUT2D eigenvalue weighted by molar-refractivity contribution is -0.155. The number of carboxylic acids is 1. The van der Waals surface area contributed by atoms with E-state index in [4.69, 9.17) is 5.11 Å². The molecule has 15 heavy (non-hydrogen) atoms. The van der Waals surface area contributed by atoms with Gasteiger partial charge in [0.05, 0.1) is 0 Å². The molecule has 6 heteroatoms. The van der Waals surface area contributed by atoms with Crippen LogP contribution in [0.15, 0.2) is 0 Å². The highest BCUT2D eigenvalue weighted by Gasteiger charge is 2.43. The molecule has 0 heterocycles. The van der Waals surface area contributed by atoms with Crippen molar-refractivity contribution in [2.75, 3.05) is 0 Å². The molecule has 2 N–H and O–H groups in total. The van der Waals surface area contributed by atoms with Crippen LogP contribution in [0.4, 0.5) is 8.78 Å². The lowest BCUT2D eigenvalue weighted by Crippen LogP contribution is -2.58. The van der Waals surface area contributed by atoms with Crippen LogP contribution in [0.1, 0.15) is 27.7 Å². The molecule has 1 unspecified atom stereocenters. The number of amides is 1. The van der Waals surface area contributed by atoms with E-state index >= 15 is 0 Å². The lowest BCUT2D eigenvalue weighted by atomic mass is 9.88. The van der Waals surface area contributed by atoms with Gasteiger partial charge in [-0.15, -0.1) is 0 Å². The summed E-state index contributed by atoms with van der Waals surface area (Å²) in [5.74, 6) is -7.00. The third-order valence-corrected chi connectivity index (χ3v) is 2.37. The summed E-state index contributed by atoms with van der Waals surface area (Å²) in [4.78, 5) is 21.8. The summed E-state index contributed by atoms with van der Waals surface area (Å²) in [5, 5.41) is 10.7. The van der Waals surface area contributed by atoms with Crippen LogP contribution in [0, 0.1) is 5.92 Å². The van der Waals surface area contributed by atoms with Crippen LogP contribution in [0.3, 0.4) is 0 Å². The zero-order chi connectivity index (χ0) is 12.4. The van der Waals surface area contributed by atoms with Gasteiger partial charge < -0.3 is 10.4 Å². The minimum Gasteiger partial charge on any atom is -0.480 e. The van der Waals surface area contributed by atoms with Crippen molar-refractivity contribution in [2.45, 2.75) is 39.2 Å². The van der Waals surface area contributed by atoms with E-state index in [9.17, 15) is 18.4 Å². The van der Waals surface area contributed by atoms with Gasteiger partial charge >= 0.3 is 11.9 Å². The Morgan fingerprint density at radius 3 is 1.87 bits per heavy atom. The van der Waals surface area contributed by atoms with Crippen molar-refractivity contribution in [3.05, 3.63) is 0 Å². The molecule has 0 rings (SSSR count). The first-order valence-electron chi connectivity index (χ1n) is 4.45. The standard InChI is InChI=1S/C9H15F2NO3/c1-5(2)8(3,7(14)15)12-6(13)9(4,10)11/h5H,1-4H3,(H,12,13)(H,14,15). The van der Waals surface area contributed by atoms with Crippen molar-refractivity contribution in [3.8, 4) is 0 Å². The van der Waals surface area contributed by atoms with Crippen LogP contribution in [0.5, 0.6) is 0 Å². The molecule has 4 nitrogen and oxygen atoms in total. The third kappa shape index (κ3) is 3.14. The average molecular weight is 223 g/mol. The van der Waals surface area contributed by atoms with Gasteiger partial charge in [-0.05, 0) is 12.8 Å². The fourth-order valence-corrected chi connectivity index (χ4v) is 0.790. The first-order valence-corrected chi connectivity index (χ1v) is 4.45. The number of halogens is 2. The molecule has 0 saturated heterocycles. The molecule has 0 aromatic carbocycles. The fraction of sp³-hybridized carbons (Fsp3) is 0.778. The van der Waals surface area contributed by atoms with E-state index < -0.39 is 29.3 Å². The van der Waals surface area contributed by atoms with E-state index in [0.717, 1.165) is 0 Å². The molecule has 88 valence electrons. The second kappa shape index (κ2) is 4.12. The maximum atomic E-state index is 12.6. The fourth-order valence-electron chi connectivity index (χ4n) is 0.790. The second-order valence-electron chi connectivity index (χ2n) is 4.00. The summed E-state index contributed by atoms with van der Waals surface area (Å²) >= 11 is 0. The van der Waals surface area contributed by atoms with Crippen molar-refractivity contribution in [3.63, 3.8) is 0 Å². The topological polar surface area (TPSA) is 66.4 Å². The molecule has 0 aliphatic carbocycles. The summed E-state index contributed by atoms with van der Waals surface area (Å²) in [6.07, 6.45) is 0. The molecule has 1 atom stereocenters. The lowest BCUT2D eigenvalue weighted by Gasteiger charge is -2.31. The molecule has 0 saturated carbocycles. The van der Waals surface area contributed by atoms with Crippen LogP contribution < -0.4 is 5.32 Å². The highest BCUT2D eigenvalue weighted by molar-refractivity contribution is 5.90. The summed E-state index contributed by atoms with van der Waals surface area (Å²) in [6.45, 7) is 4.68. The monoisotopic (exact) mass is 223 g/mol. The Hall–Kier alpha value is -1.20. The predicted molar refractivity (Wildman–Crippen MR) is 49.6 cm³/mol. The van der Waals surface area contributed by atoms with Gasteiger partial charge in [0.2, 0.25) is 0 Å². The molecular formula is C9H15F2NO3. The number of rotatable bonds is 4. The van der Waals surface area contributed by atoms with Crippen LogP contribution >= 0.6 is 0 Å². The van der Waals surface area contributed by atoms with Gasteiger partial charge in [-0.25, -0.2) is 4.79 Å². The minimum atomic E-state index is -3.58. The van der Waals surface area contributed by atoms with E-state index in [1.807, 2.05) is 5.32 Å². The second-order valence-corrected chi connectivity index (χ2v) is 4.00. The Bertz CT molecular complexity index is 273. The third-order valence-electron chi connectivity index (χ3n) is 2.37. The SMILES string of the molecule is CC(C)C(C)(NC(=O)C(C)(F)F)C(=O)O. The largest absolute Gasteiger partial charge is 0.480 e. The highest BCUT2D eigenvalue weighted by atomic mass is 19.3. The molecule has 0 aromatic rings. The summed E-state index contributed by atoms with van der Waals surface area (Å²) in [5.41, 5.74) is -1.68. The molecule has 0 bridgehead atoms. The van der Waals surface area contributed by atoms with Crippen LogP contribution in [-0.2, 0) is 9.59 Å². The maximum Gasteiger partial charge on any atom is 0.329 e. The molecule has 0 spiro atoms. The van der Waals surface area contributed by atoms with Crippen LogP contribution in [-0.4, -0.2) is 28.4 Å². The van der Waals surface area contributed by atoms with Gasteiger partial charge in [0, 0.05) is 6.92 Å². The number of carboxylic acid groups (broad SMARTS) is 1. The zero-order valence-electron chi connectivity index (χ0n) is 9.10. The summed E-state index contributed by atoms with van der Waals surface area (Å²) < 4.78 is 25.1. The van der Waals surface area contributed by atoms with Gasteiger partial charge in [-0.1, -0.05) is 13.8 Å². The molecule has 0 aromatic heterocycles. The van der Waals surface area contributed by atoms with Gasteiger partial charge in [-0.3, -0.25) is 4.79 Å². The van der Waals surface area contributed by atoms with Crippen molar-refractivity contribution in [2.24, 2.45) is 5.92 Å². The molecule has 0 aliphatic heterocycles. The van der Waals surface area contributed by atoms with Crippen LogP contribution in [0.2, 0.25) is 0 Å². The van der Waals surface area contributed by atoms with E-state index in [1.165, 1.54) is 20.8 Å². The molecule has 0 radical (unpaired) electrons. The van der Waals surface area contributed by atoms with Crippen molar-refractivity contribution < 1.29 is 23.5 Å². The number of alkyl halides is 2. The summed E-state index contributed by atoms with van der Waals surface area (Å²) in [6, 6.07) is 0. The summed E-state index contributed by atoms with van der Waals surface area (Å²) in [7, 11) is 0. The van der Waals surface area contributed by atoms with Gasteiger partial charge in [0.1, 0.15) is 5.54 Å². The van der Waals surface area contributed by atoms with E-state index in [2.05, 4.69) is 0 Å². The Kier molecular flexibility index (Phi) is 3.79. The smallest absolute Gasteiger partial charge is 0.329 e. The van der Waals surface area contributed by atoms with E-state index in [0.29, 0.717) is 6.92 Å². The van der Waals surface area contributed by atoms with E-state index in [1.54, 1.807) is 0 Å². The Labute approximate surface area is 86.7 Å². The molecule has 1 amide bonds. The normalized spacial score (nSPS) is 15.9. The Balaban J connectivity index is 4.88. The molecule has 0 aliphatic rings. The van der Waals surface area contributed by atoms with Crippen LogP contribution in [0.25, 0.3) is 0 Å². The first kappa shape index (κ1) is 13.8. The number of aliphatic carboxylic acids is 1. The van der Waals surface area contributed by atoms with Crippen molar-refractivity contribution >= 4 is 11.9 Å². The zero-order valence-corrected chi connectivity index (χ0v) is 9.10. The number of carbonyl (C=O) groups excluding carboxylic acids is 1. The number of hydrogen-bond acceptors (Lipinski definition) is 2. The van der Waals surface area contributed by atoms with E-state index in [-0.39, 0.29) is 0 Å². The van der Waals surface area contributed by atoms with Gasteiger partial charge in [0.25, 0.3) is 5.91 Å². The Morgan fingerprint density at radius 2 is 1.67 bits per heavy atom. The average Bonchev–Trinajstić information content (AvgIpc) is 2.01. The number of hydrogen-bond donors (Lipinski definition) is 2. The Morgan fingerprint density at radius 1 is 1.27 bits per heavy atom.